The SMILES string of the molecule is Cc1nn(-c2cccc(Cl)c2)c(N2CCC(c3nc[nH]c3C)CC2)c1Br. The van der Waals surface area contributed by atoms with Gasteiger partial charge in [-0.05, 0) is 60.8 Å². The van der Waals surface area contributed by atoms with Crippen molar-refractivity contribution in [3.63, 3.8) is 0 Å². The maximum Gasteiger partial charge on any atom is 0.147 e. The number of nitrogens with one attached hydrogen (secondary N) is 1. The minimum Gasteiger partial charge on any atom is -0.356 e. The maximum atomic E-state index is 6.19. The van der Waals surface area contributed by atoms with E-state index < -0.39 is 0 Å². The van der Waals surface area contributed by atoms with Crippen molar-refractivity contribution in [2.75, 3.05) is 18.0 Å². The van der Waals surface area contributed by atoms with E-state index in [2.05, 4.69) is 37.7 Å². The number of aryl methyl sites for hydroxylation is 2. The van der Waals surface area contributed by atoms with E-state index in [0.29, 0.717) is 10.9 Å². The van der Waals surface area contributed by atoms with Crippen molar-refractivity contribution in [2.45, 2.75) is 32.6 Å². The van der Waals surface area contributed by atoms with E-state index in [-0.39, 0.29) is 0 Å². The summed E-state index contributed by atoms with van der Waals surface area (Å²) >= 11 is 9.94. The predicted molar refractivity (Wildman–Crippen MR) is 109 cm³/mol. The highest BCUT2D eigenvalue weighted by Crippen LogP contribution is 2.36. The second-order valence-corrected chi connectivity index (χ2v) is 8.02. The van der Waals surface area contributed by atoms with E-state index in [1.54, 1.807) is 6.33 Å². The van der Waals surface area contributed by atoms with E-state index in [1.165, 1.54) is 11.4 Å². The Morgan fingerprint density at radius 2 is 2.00 bits per heavy atom. The molecule has 136 valence electrons. The molecule has 0 saturated carbocycles. The summed E-state index contributed by atoms with van der Waals surface area (Å²) in [5, 5.41) is 5.45. The highest BCUT2D eigenvalue weighted by atomic mass is 79.9. The van der Waals surface area contributed by atoms with Crippen molar-refractivity contribution in [3.8, 4) is 5.69 Å². The number of piperidine rings is 1. The molecule has 0 spiro atoms. The first-order valence-electron chi connectivity index (χ1n) is 8.80. The number of benzene rings is 1. The topological polar surface area (TPSA) is 49.7 Å². The second kappa shape index (κ2) is 7.08. The molecule has 1 aliphatic rings. The van der Waals surface area contributed by atoms with E-state index in [4.69, 9.17) is 16.7 Å². The molecule has 26 heavy (non-hydrogen) atoms. The number of aromatic amines is 1. The van der Waals surface area contributed by atoms with Crippen molar-refractivity contribution in [3.05, 3.63) is 57.2 Å². The van der Waals surface area contributed by atoms with Crippen LogP contribution in [-0.2, 0) is 0 Å². The Labute approximate surface area is 166 Å². The van der Waals surface area contributed by atoms with Crippen LogP contribution in [0.5, 0.6) is 0 Å². The van der Waals surface area contributed by atoms with E-state index in [0.717, 1.165) is 47.6 Å². The van der Waals surface area contributed by atoms with Gasteiger partial charge >= 0.3 is 0 Å². The molecule has 0 radical (unpaired) electrons. The van der Waals surface area contributed by atoms with Crippen LogP contribution in [0.3, 0.4) is 0 Å². The van der Waals surface area contributed by atoms with Crippen molar-refractivity contribution in [1.82, 2.24) is 19.7 Å². The van der Waals surface area contributed by atoms with Crippen molar-refractivity contribution < 1.29 is 0 Å². The third-order valence-electron chi connectivity index (χ3n) is 5.07. The summed E-state index contributed by atoms with van der Waals surface area (Å²) in [7, 11) is 0. The maximum absolute atomic E-state index is 6.19. The molecule has 0 aliphatic carbocycles. The molecule has 3 heterocycles. The number of nitrogens with zero attached hydrogens (tertiary/aromatic N) is 4. The van der Waals surface area contributed by atoms with Gasteiger partial charge in [0.05, 0.1) is 27.9 Å². The highest BCUT2D eigenvalue weighted by molar-refractivity contribution is 9.10. The third kappa shape index (κ3) is 3.16. The van der Waals surface area contributed by atoms with Gasteiger partial charge in [0.25, 0.3) is 0 Å². The van der Waals surface area contributed by atoms with Crippen LogP contribution >= 0.6 is 27.5 Å². The van der Waals surface area contributed by atoms with Crippen LogP contribution in [0.15, 0.2) is 35.1 Å². The Morgan fingerprint density at radius 1 is 1.23 bits per heavy atom. The highest BCUT2D eigenvalue weighted by Gasteiger charge is 2.27. The predicted octanol–water partition coefficient (Wildman–Crippen LogP) is 5.01. The lowest BCUT2D eigenvalue weighted by Gasteiger charge is -2.33. The van der Waals surface area contributed by atoms with Gasteiger partial charge in [-0.15, -0.1) is 0 Å². The summed E-state index contributed by atoms with van der Waals surface area (Å²) in [6.07, 6.45) is 3.96. The van der Waals surface area contributed by atoms with Gasteiger partial charge < -0.3 is 9.88 Å². The molecule has 0 amide bonds. The van der Waals surface area contributed by atoms with Crippen LogP contribution in [0, 0.1) is 13.8 Å². The van der Waals surface area contributed by atoms with E-state index >= 15 is 0 Å². The monoisotopic (exact) mass is 433 g/mol. The largest absolute Gasteiger partial charge is 0.356 e. The fourth-order valence-corrected chi connectivity index (χ4v) is 4.38. The first kappa shape index (κ1) is 17.6. The third-order valence-corrected chi connectivity index (χ3v) is 6.23. The number of halogens is 2. The quantitative estimate of drug-likeness (QED) is 0.630. The van der Waals surface area contributed by atoms with Gasteiger partial charge in [0.2, 0.25) is 0 Å². The van der Waals surface area contributed by atoms with Gasteiger partial charge in [-0.2, -0.15) is 5.10 Å². The average Bonchev–Trinajstić information content (AvgIpc) is 3.19. The molecule has 5 nitrogen and oxygen atoms in total. The zero-order chi connectivity index (χ0) is 18.3. The smallest absolute Gasteiger partial charge is 0.147 e. The number of hydrogen-bond acceptors (Lipinski definition) is 3. The molecular weight excluding hydrogens is 414 g/mol. The Bertz CT molecular complexity index is 924. The van der Waals surface area contributed by atoms with E-state index in [1.807, 2.05) is 35.9 Å². The number of rotatable bonds is 3. The molecule has 7 heteroatoms. The molecule has 0 atom stereocenters. The van der Waals surface area contributed by atoms with Crippen LogP contribution < -0.4 is 4.90 Å². The van der Waals surface area contributed by atoms with Gasteiger partial charge in [0, 0.05) is 29.7 Å². The van der Waals surface area contributed by atoms with Gasteiger partial charge in [-0.1, -0.05) is 17.7 Å². The summed E-state index contributed by atoms with van der Waals surface area (Å²) < 4.78 is 3.04. The number of imidazole rings is 1. The van der Waals surface area contributed by atoms with Crippen LogP contribution in [0.2, 0.25) is 5.02 Å². The van der Waals surface area contributed by atoms with Crippen molar-refractivity contribution in [1.29, 1.82) is 0 Å². The lowest BCUT2D eigenvalue weighted by atomic mass is 9.92. The van der Waals surface area contributed by atoms with E-state index in [9.17, 15) is 0 Å². The molecule has 1 aromatic carbocycles. The normalized spacial score (nSPS) is 15.6. The van der Waals surface area contributed by atoms with Crippen LogP contribution in [0.25, 0.3) is 5.69 Å². The summed E-state index contributed by atoms with van der Waals surface area (Å²) in [5.41, 5.74) is 4.35. The van der Waals surface area contributed by atoms with Crippen molar-refractivity contribution >= 4 is 33.3 Å². The second-order valence-electron chi connectivity index (χ2n) is 6.79. The minimum absolute atomic E-state index is 0.514. The Hall–Kier alpha value is -1.79. The van der Waals surface area contributed by atoms with Crippen LogP contribution in [0.4, 0.5) is 5.82 Å². The number of aromatic nitrogens is 4. The van der Waals surface area contributed by atoms with Crippen LogP contribution in [-0.4, -0.2) is 32.8 Å². The summed E-state index contributed by atoms with van der Waals surface area (Å²) in [6.45, 7) is 6.07. The molecule has 0 unspecified atom stereocenters. The molecule has 3 aromatic rings. The fourth-order valence-electron chi connectivity index (χ4n) is 3.70. The van der Waals surface area contributed by atoms with Gasteiger partial charge in [-0.25, -0.2) is 9.67 Å². The zero-order valence-electron chi connectivity index (χ0n) is 14.8. The van der Waals surface area contributed by atoms with Crippen LogP contribution in [0.1, 0.15) is 35.8 Å². The lowest BCUT2D eigenvalue weighted by molar-refractivity contribution is 0.490. The molecule has 1 N–H and O–H groups in total. The average molecular weight is 435 g/mol. The number of anilines is 1. The first-order valence-corrected chi connectivity index (χ1v) is 9.97. The fraction of sp³-hybridized carbons (Fsp3) is 0.368. The molecule has 0 bridgehead atoms. The van der Waals surface area contributed by atoms with Gasteiger partial charge in [0.15, 0.2) is 0 Å². The number of H-pyrrole nitrogens is 1. The summed E-state index contributed by atoms with van der Waals surface area (Å²) in [4.78, 5) is 10.1. The lowest BCUT2D eigenvalue weighted by Crippen LogP contribution is -2.34. The number of hydrogen-bond donors (Lipinski definition) is 1. The summed E-state index contributed by atoms with van der Waals surface area (Å²) in [6, 6.07) is 7.82. The molecule has 1 aliphatic heterocycles. The zero-order valence-corrected chi connectivity index (χ0v) is 17.2. The standard InChI is InChI=1S/C19H21BrClN5/c1-12-17(20)19(26(24-12)16-5-3-4-15(21)10-16)25-8-6-14(7-9-25)18-13(2)22-11-23-18/h3-5,10-11,14H,6-9H2,1-2H3,(H,22,23). The summed E-state index contributed by atoms with van der Waals surface area (Å²) in [5.74, 6) is 1.61. The van der Waals surface area contributed by atoms with Gasteiger partial charge in [0.1, 0.15) is 5.82 Å². The molecule has 1 fully saturated rings. The molecular formula is C19H21BrClN5. The molecule has 4 rings (SSSR count). The minimum atomic E-state index is 0.514. The van der Waals surface area contributed by atoms with Gasteiger partial charge in [-0.3, -0.25) is 0 Å². The van der Waals surface area contributed by atoms with Crippen molar-refractivity contribution in [2.24, 2.45) is 0 Å². The Balaban J connectivity index is 1.62. The first-order chi connectivity index (χ1) is 12.5. The Morgan fingerprint density at radius 3 is 2.65 bits per heavy atom. The molecule has 2 aromatic heterocycles. The molecule has 1 saturated heterocycles. The Kier molecular flexibility index (Phi) is 4.80.